The van der Waals surface area contributed by atoms with Crippen molar-refractivity contribution < 1.29 is 28.6 Å². The van der Waals surface area contributed by atoms with Crippen molar-refractivity contribution in [1.82, 2.24) is 9.80 Å². The van der Waals surface area contributed by atoms with Crippen LogP contribution in [-0.4, -0.2) is 104 Å². The van der Waals surface area contributed by atoms with Gasteiger partial charge in [-0.05, 0) is 62.6 Å². The summed E-state index contributed by atoms with van der Waals surface area (Å²) < 4.78 is 27.4. The Bertz CT molecular complexity index is 1060. The first-order valence-electron chi connectivity index (χ1n) is 14.8. The summed E-state index contributed by atoms with van der Waals surface area (Å²) in [5.41, 5.74) is 0.173. The molecule has 1 amide bonds. The monoisotopic (exact) mass is 579 g/mol. The summed E-state index contributed by atoms with van der Waals surface area (Å²) in [6, 6.07) is 5.92. The van der Waals surface area contributed by atoms with Crippen LogP contribution >= 0.6 is 11.6 Å². The normalized spacial score (nSPS) is 32.1. The summed E-state index contributed by atoms with van der Waals surface area (Å²) >= 11 is 6.41. The van der Waals surface area contributed by atoms with Crippen molar-refractivity contribution in [3.63, 3.8) is 0 Å². The summed E-state index contributed by atoms with van der Waals surface area (Å²) in [5.74, 6) is -1.47. The molecule has 1 saturated carbocycles. The van der Waals surface area contributed by atoms with Gasteiger partial charge in [0.15, 0.2) is 0 Å². The molecule has 0 bridgehead atoms. The Balaban J connectivity index is 1.30. The van der Waals surface area contributed by atoms with Crippen LogP contribution in [0.4, 0.5) is 10.1 Å². The standard InChI is InChI=1S/C30H43ClFN3O5/c1-39-18-24-15-21(26-8-3-22(31)16-27(26)33-12-9-20(10-13-33)28(36)37)17-35(24)29(38)30(32)11-14-34(19-30)23-4-6-25(40-2)7-5-23/h3,8,16,20-21,23-25H,4-7,9-15,17-19H2,1-2H3,(H,36,37)/t21-,23-,24+,25-,30-/m1/s1. The molecule has 40 heavy (non-hydrogen) atoms. The van der Waals surface area contributed by atoms with Crippen molar-refractivity contribution in [1.29, 1.82) is 0 Å². The maximum absolute atomic E-state index is 16.4. The van der Waals surface area contributed by atoms with E-state index < -0.39 is 17.5 Å². The molecular weight excluding hydrogens is 537 g/mol. The molecule has 3 saturated heterocycles. The zero-order chi connectivity index (χ0) is 28.4. The van der Waals surface area contributed by atoms with Gasteiger partial charge < -0.3 is 24.4 Å². The van der Waals surface area contributed by atoms with Gasteiger partial charge >= 0.3 is 5.97 Å². The van der Waals surface area contributed by atoms with Gasteiger partial charge in [-0.2, -0.15) is 0 Å². The molecule has 1 aromatic carbocycles. The highest BCUT2D eigenvalue weighted by Crippen LogP contribution is 2.42. The number of hydrogen-bond donors (Lipinski definition) is 1. The highest BCUT2D eigenvalue weighted by molar-refractivity contribution is 6.30. The largest absolute Gasteiger partial charge is 0.481 e. The number of ether oxygens (including phenoxy) is 2. The summed E-state index contributed by atoms with van der Waals surface area (Å²) in [5, 5.41) is 10.0. The average molecular weight is 580 g/mol. The topological polar surface area (TPSA) is 82.5 Å². The lowest BCUT2D eigenvalue weighted by atomic mass is 9.92. The molecular formula is C30H43ClFN3O5. The van der Waals surface area contributed by atoms with Crippen molar-refractivity contribution >= 4 is 29.2 Å². The number of benzene rings is 1. The van der Waals surface area contributed by atoms with E-state index in [1.807, 2.05) is 18.2 Å². The smallest absolute Gasteiger partial charge is 0.306 e. The molecule has 3 atom stereocenters. The second-order valence-electron chi connectivity index (χ2n) is 12.2. The molecule has 4 fully saturated rings. The first-order chi connectivity index (χ1) is 19.2. The van der Waals surface area contributed by atoms with E-state index in [0.717, 1.165) is 36.9 Å². The van der Waals surface area contributed by atoms with Crippen LogP contribution < -0.4 is 4.90 Å². The minimum atomic E-state index is -1.89. The van der Waals surface area contributed by atoms with Gasteiger partial charge in [-0.3, -0.25) is 14.5 Å². The van der Waals surface area contributed by atoms with E-state index >= 15 is 4.39 Å². The molecule has 1 aromatic rings. The number of alkyl halides is 1. The number of likely N-dealkylation sites (tertiary alicyclic amines) is 2. The third kappa shape index (κ3) is 6.13. The van der Waals surface area contributed by atoms with E-state index in [-0.39, 0.29) is 36.9 Å². The third-order valence-electron chi connectivity index (χ3n) is 9.78. The van der Waals surface area contributed by atoms with E-state index in [1.54, 1.807) is 19.1 Å². The number of halogens is 2. The lowest BCUT2D eigenvalue weighted by molar-refractivity contribution is -0.145. The van der Waals surface area contributed by atoms with Crippen LogP contribution in [0, 0.1) is 5.92 Å². The van der Waals surface area contributed by atoms with Crippen LogP contribution in [-0.2, 0) is 19.1 Å². The van der Waals surface area contributed by atoms with Crippen LogP contribution in [0.2, 0.25) is 5.02 Å². The quantitative estimate of drug-likeness (QED) is 0.490. The fraction of sp³-hybridized carbons (Fsp3) is 0.733. The number of amides is 1. The Labute approximate surface area is 241 Å². The van der Waals surface area contributed by atoms with Crippen molar-refractivity contribution in [3.05, 3.63) is 28.8 Å². The SMILES string of the molecule is COC[C@@H]1C[C@@H](c2ccc(Cl)cc2N2CCC(C(=O)O)CC2)CN1C(=O)[C@@]1(F)CCN([C@H]2CC[C@H](OC)CC2)C1. The first kappa shape index (κ1) is 29.5. The second-order valence-corrected chi connectivity index (χ2v) is 12.6. The zero-order valence-corrected chi connectivity index (χ0v) is 24.5. The Morgan fingerprint density at radius 2 is 1.82 bits per heavy atom. The highest BCUT2D eigenvalue weighted by atomic mass is 35.5. The second kappa shape index (κ2) is 12.5. The molecule has 1 N–H and O–H groups in total. The van der Waals surface area contributed by atoms with Crippen LogP contribution in [0.25, 0.3) is 0 Å². The minimum Gasteiger partial charge on any atom is -0.481 e. The van der Waals surface area contributed by atoms with Crippen LogP contribution in [0.5, 0.6) is 0 Å². The maximum Gasteiger partial charge on any atom is 0.306 e. The predicted molar refractivity (Wildman–Crippen MR) is 152 cm³/mol. The average Bonchev–Trinajstić information content (AvgIpc) is 3.57. The molecule has 0 spiro atoms. The van der Waals surface area contributed by atoms with Crippen LogP contribution in [0.1, 0.15) is 62.8 Å². The van der Waals surface area contributed by atoms with E-state index in [4.69, 9.17) is 21.1 Å². The van der Waals surface area contributed by atoms with Crippen LogP contribution in [0.15, 0.2) is 18.2 Å². The number of carboxylic acids is 1. The molecule has 10 heteroatoms. The Kier molecular flexibility index (Phi) is 9.24. The molecule has 3 aliphatic heterocycles. The molecule has 3 heterocycles. The fourth-order valence-corrected chi connectivity index (χ4v) is 7.60. The summed E-state index contributed by atoms with van der Waals surface area (Å²) in [6.07, 6.45) is 6.26. The lowest BCUT2D eigenvalue weighted by Gasteiger charge is -2.35. The molecule has 0 unspecified atom stereocenters. The Morgan fingerprint density at radius 1 is 1.10 bits per heavy atom. The molecule has 0 radical (unpaired) electrons. The van der Waals surface area contributed by atoms with E-state index in [0.29, 0.717) is 63.1 Å². The number of anilines is 1. The number of carboxylic acid groups (broad SMARTS) is 1. The van der Waals surface area contributed by atoms with E-state index in [1.165, 1.54) is 0 Å². The molecule has 1 aliphatic carbocycles. The zero-order valence-electron chi connectivity index (χ0n) is 23.7. The third-order valence-corrected chi connectivity index (χ3v) is 10.0. The fourth-order valence-electron chi connectivity index (χ4n) is 7.43. The van der Waals surface area contributed by atoms with Crippen molar-refractivity contribution in [2.24, 2.45) is 5.92 Å². The van der Waals surface area contributed by atoms with Crippen molar-refractivity contribution in [2.75, 3.05) is 58.5 Å². The maximum atomic E-state index is 16.4. The van der Waals surface area contributed by atoms with E-state index in [2.05, 4.69) is 9.80 Å². The minimum absolute atomic E-state index is 0.0130. The number of piperidine rings is 1. The molecule has 5 rings (SSSR count). The number of rotatable bonds is 8. The predicted octanol–water partition coefficient (Wildman–Crippen LogP) is 4.34. The van der Waals surface area contributed by atoms with Gasteiger partial charge in [-0.15, -0.1) is 0 Å². The van der Waals surface area contributed by atoms with Gasteiger partial charge in [0.25, 0.3) is 5.91 Å². The number of nitrogens with zero attached hydrogens (tertiary/aromatic N) is 3. The van der Waals surface area contributed by atoms with Crippen LogP contribution in [0.3, 0.4) is 0 Å². The number of carbonyl (C=O) groups is 2. The summed E-state index contributed by atoms with van der Waals surface area (Å²) in [7, 11) is 3.37. The van der Waals surface area contributed by atoms with Crippen molar-refractivity contribution in [2.45, 2.75) is 81.1 Å². The van der Waals surface area contributed by atoms with Gasteiger partial charge in [0.2, 0.25) is 5.67 Å². The lowest BCUT2D eigenvalue weighted by Crippen LogP contribution is -2.51. The summed E-state index contributed by atoms with van der Waals surface area (Å²) in [6.45, 7) is 2.81. The van der Waals surface area contributed by atoms with Gasteiger partial charge in [0.05, 0.1) is 24.7 Å². The number of methoxy groups -OCH3 is 2. The highest BCUT2D eigenvalue weighted by Gasteiger charge is 2.52. The Hall–Kier alpha value is -1.94. The molecule has 0 aromatic heterocycles. The summed E-state index contributed by atoms with van der Waals surface area (Å²) in [4.78, 5) is 31.4. The molecule has 8 nitrogen and oxygen atoms in total. The van der Waals surface area contributed by atoms with Gasteiger partial charge in [-0.1, -0.05) is 17.7 Å². The number of aliphatic carboxylic acids is 1. The van der Waals surface area contributed by atoms with Gasteiger partial charge in [0, 0.05) is 76.0 Å². The van der Waals surface area contributed by atoms with Gasteiger partial charge in [0.1, 0.15) is 0 Å². The molecule has 222 valence electrons. The first-order valence-corrected chi connectivity index (χ1v) is 15.1. The van der Waals surface area contributed by atoms with Crippen molar-refractivity contribution in [3.8, 4) is 0 Å². The van der Waals surface area contributed by atoms with E-state index in [9.17, 15) is 14.7 Å². The number of hydrogen-bond acceptors (Lipinski definition) is 6. The Morgan fingerprint density at radius 3 is 2.48 bits per heavy atom. The molecule has 4 aliphatic rings. The number of carbonyl (C=O) groups excluding carboxylic acids is 1. The van der Waals surface area contributed by atoms with Gasteiger partial charge in [-0.25, -0.2) is 4.39 Å².